The van der Waals surface area contributed by atoms with Crippen LogP contribution in [0.2, 0.25) is 0 Å². The van der Waals surface area contributed by atoms with E-state index in [9.17, 15) is 9.59 Å². The van der Waals surface area contributed by atoms with Gasteiger partial charge in [0.2, 0.25) is 5.91 Å². The van der Waals surface area contributed by atoms with Gasteiger partial charge in [0.05, 0.1) is 12.2 Å². The van der Waals surface area contributed by atoms with Gasteiger partial charge in [-0.1, -0.05) is 0 Å². The first-order valence-corrected chi connectivity index (χ1v) is 7.41. The second kappa shape index (κ2) is 6.67. The predicted octanol–water partition coefficient (Wildman–Crippen LogP) is 0.652. The lowest BCUT2D eigenvalue weighted by Gasteiger charge is -2.26. The molecule has 1 atom stereocenters. The summed E-state index contributed by atoms with van der Waals surface area (Å²) in [5.74, 6) is -1.07. The molecule has 8 heteroatoms. The molecule has 2 rings (SSSR count). The van der Waals surface area contributed by atoms with Crippen molar-refractivity contribution in [3.8, 4) is 0 Å². The lowest BCUT2D eigenvalue weighted by atomic mass is 10.1. The van der Waals surface area contributed by atoms with Crippen LogP contribution in [0, 0.1) is 0 Å². The molecule has 0 bridgehead atoms. The second-order valence-corrected chi connectivity index (χ2v) is 5.55. The van der Waals surface area contributed by atoms with Crippen molar-refractivity contribution in [3.63, 3.8) is 0 Å². The van der Waals surface area contributed by atoms with Crippen molar-refractivity contribution in [1.29, 1.82) is 0 Å². The molecule has 1 unspecified atom stereocenters. The van der Waals surface area contributed by atoms with Crippen molar-refractivity contribution in [1.82, 2.24) is 9.88 Å². The maximum atomic E-state index is 11.9. The minimum Gasteiger partial charge on any atom is -0.480 e. The number of aliphatic carboxylic acids is 1. The number of thiazole rings is 1. The van der Waals surface area contributed by atoms with E-state index in [1.54, 1.807) is 5.38 Å². The predicted molar refractivity (Wildman–Crippen MR) is 75.6 cm³/mol. The van der Waals surface area contributed by atoms with Gasteiger partial charge in [0, 0.05) is 18.5 Å². The van der Waals surface area contributed by atoms with Crippen LogP contribution >= 0.6 is 11.3 Å². The number of hydrogen-bond acceptors (Lipinski definition) is 6. The molecule has 0 aliphatic carbocycles. The molecule has 1 amide bonds. The maximum absolute atomic E-state index is 11.9. The van der Waals surface area contributed by atoms with Gasteiger partial charge in [-0.2, -0.15) is 0 Å². The number of hydrogen-bond donors (Lipinski definition) is 3. The van der Waals surface area contributed by atoms with Gasteiger partial charge < -0.3 is 21.1 Å². The van der Waals surface area contributed by atoms with Gasteiger partial charge in [-0.05, 0) is 19.3 Å². The van der Waals surface area contributed by atoms with E-state index in [1.807, 2.05) is 4.90 Å². The quantitative estimate of drug-likeness (QED) is 0.736. The van der Waals surface area contributed by atoms with Crippen LogP contribution in [0.4, 0.5) is 5.13 Å². The highest BCUT2D eigenvalue weighted by molar-refractivity contribution is 7.13. The van der Waals surface area contributed by atoms with Crippen LogP contribution in [0.3, 0.4) is 0 Å². The number of aromatic nitrogens is 1. The molecule has 0 spiro atoms. The number of carbonyl (C=O) groups is 2. The zero-order chi connectivity index (χ0) is 14.5. The Morgan fingerprint density at radius 3 is 2.80 bits per heavy atom. The van der Waals surface area contributed by atoms with Gasteiger partial charge in [-0.3, -0.25) is 9.59 Å². The lowest BCUT2D eigenvalue weighted by Crippen LogP contribution is -2.39. The summed E-state index contributed by atoms with van der Waals surface area (Å²) in [4.78, 5) is 28.6. The van der Waals surface area contributed by atoms with Gasteiger partial charge in [0.15, 0.2) is 5.13 Å². The molecule has 1 saturated heterocycles. The number of carboxylic acid groups (broad SMARTS) is 1. The Hall–Kier alpha value is -1.67. The fourth-order valence-corrected chi connectivity index (χ4v) is 2.79. The number of anilines is 1. The van der Waals surface area contributed by atoms with E-state index in [0.29, 0.717) is 10.8 Å². The number of nitrogens with zero attached hydrogens (tertiary/aromatic N) is 2. The van der Waals surface area contributed by atoms with Crippen molar-refractivity contribution in [3.05, 3.63) is 11.1 Å². The molecule has 1 fully saturated rings. The molecule has 1 aromatic rings. The van der Waals surface area contributed by atoms with E-state index in [4.69, 9.17) is 10.8 Å². The van der Waals surface area contributed by atoms with Crippen LogP contribution in [-0.4, -0.2) is 46.5 Å². The first-order valence-electron chi connectivity index (χ1n) is 6.53. The van der Waals surface area contributed by atoms with Crippen molar-refractivity contribution in [2.75, 3.05) is 25.0 Å². The van der Waals surface area contributed by atoms with E-state index >= 15 is 0 Å². The van der Waals surface area contributed by atoms with Crippen LogP contribution < -0.4 is 11.1 Å². The van der Waals surface area contributed by atoms with Crippen LogP contribution in [-0.2, 0) is 9.59 Å². The summed E-state index contributed by atoms with van der Waals surface area (Å²) in [5, 5.41) is 13.8. The summed E-state index contributed by atoms with van der Waals surface area (Å²) in [6.45, 7) is 1.80. The van der Waals surface area contributed by atoms with E-state index < -0.39 is 12.0 Å². The second-order valence-electron chi connectivity index (χ2n) is 4.69. The minimum atomic E-state index is -1.13. The number of carbonyl (C=O) groups excluding carboxylic acids is 1. The monoisotopic (exact) mass is 298 g/mol. The maximum Gasteiger partial charge on any atom is 0.326 e. The molecule has 0 aromatic carbocycles. The average molecular weight is 298 g/mol. The molecular weight excluding hydrogens is 280 g/mol. The van der Waals surface area contributed by atoms with Crippen LogP contribution in [0.5, 0.6) is 0 Å². The van der Waals surface area contributed by atoms with Crippen molar-refractivity contribution in [2.45, 2.75) is 25.3 Å². The van der Waals surface area contributed by atoms with Crippen molar-refractivity contribution in [2.24, 2.45) is 5.73 Å². The molecule has 7 nitrogen and oxygen atoms in total. The summed E-state index contributed by atoms with van der Waals surface area (Å²) >= 11 is 1.25. The summed E-state index contributed by atoms with van der Waals surface area (Å²) in [5.41, 5.74) is 5.77. The number of nitrogens with two attached hydrogens (primary N) is 1. The molecule has 1 aromatic heterocycles. The van der Waals surface area contributed by atoms with E-state index in [1.165, 1.54) is 17.8 Å². The fourth-order valence-electron chi connectivity index (χ4n) is 2.04. The Balaban J connectivity index is 1.84. The van der Waals surface area contributed by atoms with Crippen LogP contribution in [0.1, 0.15) is 31.0 Å². The highest BCUT2D eigenvalue weighted by Crippen LogP contribution is 2.19. The normalized spacial score (nSPS) is 16.8. The van der Waals surface area contributed by atoms with E-state index in [-0.39, 0.29) is 12.5 Å². The Morgan fingerprint density at radius 2 is 2.15 bits per heavy atom. The molecular formula is C12H18N4O3S. The number of likely N-dealkylation sites (tertiary alicyclic amines) is 1. The van der Waals surface area contributed by atoms with Gasteiger partial charge in [0.1, 0.15) is 6.04 Å². The minimum absolute atomic E-state index is 0.0454. The number of piperidine rings is 1. The Morgan fingerprint density at radius 1 is 1.45 bits per heavy atom. The Kier molecular flexibility index (Phi) is 4.91. The average Bonchev–Trinajstić information content (AvgIpc) is 2.93. The smallest absolute Gasteiger partial charge is 0.326 e. The molecule has 110 valence electrons. The highest BCUT2D eigenvalue weighted by atomic mass is 32.1. The summed E-state index contributed by atoms with van der Waals surface area (Å²) in [6, 6.07) is -1.13. The van der Waals surface area contributed by atoms with Gasteiger partial charge in [-0.15, -0.1) is 11.3 Å². The number of nitrogens with one attached hydrogen (secondary N) is 1. The van der Waals surface area contributed by atoms with Crippen LogP contribution in [0.25, 0.3) is 0 Å². The number of rotatable bonds is 5. The molecule has 2 heterocycles. The zero-order valence-electron chi connectivity index (χ0n) is 11.0. The molecule has 0 saturated carbocycles. The summed E-state index contributed by atoms with van der Waals surface area (Å²) in [7, 11) is 0. The Bertz CT molecular complexity index is 485. The van der Waals surface area contributed by atoms with Crippen molar-refractivity contribution >= 4 is 28.3 Å². The third-order valence-corrected chi connectivity index (χ3v) is 4.02. The molecule has 1 aliphatic rings. The summed E-state index contributed by atoms with van der Waals surface area (Å²) in [6.07, 6.45) is 3.29. The van der Waals surface area contributed by atoms with Gasteiger partial charge >= 0.3 is 5.97 Å². The molecule has 4 N–H and O–H groups in total. The lowest BCUT2D eigenvalue weighted by molar-refractivity contribution is -0.138. The third-order valence-electron chi connectivity index (χ3n) is 3.21. The SMILES string of the molecule is NC(C(=O)O)c1csc(NCC(=O)N2CCCCC2)n1. The molecule has 1 aliphatic heterocycles. The Labute approximate surface area is 120 Å². The topological polar surface area (TPSA) is 109 Å². The fraction of sp³-hybridized carbons (Fsp3) is 0.583. The number of carboxylic acids is 1. The molecule has 0 radical (unpaired) electrons. The largest absolute Gasteiger partial charge is 0.480 e. The van der Waals surface area contributed by atoms with Gasteiger partial charge in [0.25, 0.3) is 0 Å². The van der Waals surface area contributed by atoms with E-state index in [0.717, 1.165) is 25.9 Å². The molecule has 20 heavy (non-hydrogen) atoms. The number of amides is 1. The van der Waals surface area contributed by atoms with Crippen LogP contribution in [0.15, 0.2) is 5.38 Å². The third kappa shape index (κ3) is 3.67. The zero-order valence-corrected chi connectivity index (χ0v) is 11.9. The highest BCUT2D eigenvalue weighted by Gasteiger charge is 2.19. The van der Waals surface area contributed by atoms with Gasteiger partial charge in [-0.25, -0.2) is 4.98 Å². The van der Waals surface area contributed by atoms with Crippen molar-refractivity contribution < 1.29 is 14.7 Å². The summed E-state index contributed by atoms with van der Waals surface area (Å²) < 4.78 is 0. The first-order chi connectivity index (χ1) is 9.58. The first kappa shape index (κ1) is 14.7. The standard InChI is InChI=1S/C12H18N4O3S/c13-10(11(18)19)8-7-20-12(15-8)14-6-9(17)16-4-2-1-3-5-16/h7,10H,1-6,13H2,(H,14,15)(H,18,19). The van der Waals surface area contributed by atoms with E-state index in [2.05, 4.69) is 10.3 Å².